The molecule has 0 bridgehead atoms. The number of hydrogen-bond acceptors (Lipinski definition) is 9. The molecule has 1 aliphatic rings. The Bertz CT molecular complexity index is 1190. The van der Waals surface area contributed by atoms with Gasteiger partial charge in [-0.1, -0.05) is 11.2 Å². The van der Waals surface area contributed by atoms with Crippen LogP contribution in [0.3, 0.4) is 0 Å². The van der Waals surface area contributed by atoms with E-state index in [9.17, 15) is 0 Å². The number of methoxy groups -OCH3 is 1. The smallest absolute Gasteiger partial charge is 0.228 e. The molecule has 5 heterocycles. The molecule has 1 saturated heterocycles. The molecular formula is C22H24N8O2. The summed E-state index contributed by atoms with van der Waals surface area (Å²) in [6.07, 6.45) is 3.68. The number of H-pyrrole nitrogens is 1. The number of aryl methyl sites for hydroxylation is 1. The lowest BCUT2D eigenvalue weighted by Crippen LogP contribution is -2.25. The van der Waals surface area contributed by atoms with Crippen molar-refractivity contribution in [3.8, 4) is 11.4 Å². The number of nitrogens with one attached hydrogen (secondary N) is 2. The quantitative estimate of drug-likeness (QED) is 0.449. The number of nitrogens with zero attached hydrogens (tertiary/aromatic N) is 6. The van der Waals surface area contributed by atoms with Gasteiger partial charge in [0.25, 0.3) is 0 Å². The maximum absolute atomic E-state index is 5.72. The Balaban J connectivity index is 1.44. The van der Waals surface area contributed by atoms with Crippen LogP contribution < -0.4 is 10.2 Å². The zero-order valence-electron chi connectivity index (χ0n) is 17.9. The highest BCUT2D eigenvalue weighted by molar-refractivity contribution is 5.56. The van der Waals surface area contributed by atoms with E-state index in [0.717, 1.165) is 47.9 Å². The van der Waals surface area contributed by atoms with Gasteiger partial charge >= 0.3 is 0 Å². The molecule has 0 amide bonds. The number of anilines is 3. The van der Waals surface area contributed by atoms with Gasteiger partial charge in [-0.25, -0.2) is 4.98 Å². The first-order valence-electron chi connectivity index (χ1n) is 10.5. The zero-order chi connectivity index (χ0) is 21.9. The number of rotatable bonds is 7. The van der Waals surface area contributed by atoms with Gasteiger partial charge in [0, 0.05) is 43.7 Å². The van der Waals surface area contributed by atoms with Crippen LogP contribution in [0.1, 0.15) is 36.0 Å². The molecule has 32 heavy (non-hydrogen) atoms. The molecule has 1 aliphatic heterocycles. The van der Waals surface area contributed by atoms with E-state index in [2.05, 4.69) is 30.6 Å². The van der Waals surface area contributed by atoms with Crippen LogP contribution in [0.2, 0.25) is 0 Å². The summed E-state index contributed by atoms with van der Waals surface area (Å²) in [5, 5.41) is 14.6. The molecule has 10 heteroatoms. The van der Waals surface area contributed by atoms with Crippen LogP contribution in [-0.4, -0.2) is 44.0 Å². The molecule has 0 aromatic carbocycles. The third-order valence-electron chi connectivity index (χ3n) is 5.32. The summed E-state index contributed by atoms with van der Waals surface area (Å²) >= 11 is 0. The number of aromatic amines is 1. The third-order valence-corrected chi connectivity index (χ3v) is 5.32. The van der Waals surface area contributed by atoms with Crippen LogP contribution in [0, 0.1) is 6.92 Å². The second-order valence-electron chi connectivity index (χ2n) is 7.72. The van der Waals surface area contributed by atoms with Crippen LogP contribution in [0.25, 0.3) is 11.4 Å². The van der Waals surface area contributed by atoms with Crippen LogP contribution >= 0.6 is 0 Å². The van der Waals surface area contributed by atoms with Crippen molar-refractivity contribution in [1.29, 1.82) is 0 Å². The van der Waals surface area contributed by atoms with E-state index < -0.39 is 0 Å². The van der Waals surface area contributed by atoms with Crippen molar-refractivity contribution in [3.63, 3.8) is 0 Å². The van der Waals surface area contributed by atoms with Crippen molar-refractivity contribution in [3.05, 3.63) is 59.7 Å². The minimum atomic E-state index is -0.00163. The van der Waals surface area contributed by atoms with Gasteiger partial charge in [-0.3, -0.25) is 10.1 Å². The van der Waals surface area contributed by atoms with E-state index in [4.69, 9.17) is 19.2 Å². The molecule has 1 atom stereocenters. The molecule has 4 aromatic rings. The highest BCUT2D eigenvalue weighted by Gasteiger charge is 2.32. The average molecular weight is 432 g/mol. The van der Waals surface area contributed by atoms with Crippen molar-refractivity contribution < 1.29 is 9.26 Å². The predicted octanol–water partition coefficient (Wildman–Crippen LogP) is 3.79. The number of ether oxygens (including phenoxy) is 1. The molecule has 0 aliphatic carbocycles. The van der Waals surface area contributed by atoms with E-state index in [1.165, 1.54) is 0 Å². The van der Waals surface area contributed by atoms with Gasteiger partial charge in [-0.05, 0) is 31.9 Å². The minimum absolute atomic E-state index is 0.00163. The topological polar surface area (TPSA) is 118 Å². The fourth-order valence-electron chi connectivity index (χ4n) is 3.89. The summed E-state index contributed by atoms with van der Waals surface area (Å²) in [5.74, 6) is 2.75. The molecule has 0 radical (unpaired) electrons. The van der Waals surface area contributed by atoms with Gasteiger partial charge in [0.05, 0.1) is 24.0 Å². The number of aromatic nitrogens is 6. The van der Waals surface area contributed by atoms with Crippen LogP contribution in [0.5, 0.6) is 0 Å². The van der Waals surface area contributed by atoms with Crippen LogP contribution in [-0.2, 0) is 11.3 Å². The van der Waals surface area contributed by atoms with Crippen LogP contribution in [0.4, 0.5) is 17.6 Å². The standard InChI is InChI=1S/C22H24N8O2/c1-14-10-21(28-27-14)25-20-11-15(13-31-2)24-22(26-20)30-9-5-7-18(30)19-12-17(29-32-19)16-6-3-4-8-23-16/h3-4,6,8,10-12,18H,5,7,9,13H2,1-2H3,(H2,24,25,26,27,28)/t18-/m0/s1. The number of hydrogen-bond donors (Lipinski definition) is 2. The summed E-state index contributed by atoms with van der Waals surface area (Å²) < 4.78 is 11.0. The molecule has 4 aromatic heterocycles. The molecule has 1 fully saturated rings. The molecule has 2 N–H and O–H groups in total. The van der Waals surface area contributed by atoms with Gasteiger partial charge in [-0.15, -0.1) is 0 Å². The van der Waals surface area contributed by atoms with Gasteiger partial charge in [0.15, 0.2) is 11.6 Å². The molecule has 0 saturated carbocycles. The van der Waals surface area contributed by atoms with Crippen molar-refractivity contribution in [2.45, 2.75) is 32.4 Å². The molecule has 0 spiro atoms. The summed E-state index contributed by atoms with van der Waals surface area (Å²) in [6, 6.07) is 11.5. The Morgan fingerprint density at radius 1 is 1.19 bits per heavy atom. The van der Waals surface area contributed by atoms with E-state index in [1.54, 1.807) is 13.3 Å². The average Bonchev–Trinajstić information content (AvgIpc) is 3.55. The summed E-state index contributed by atoms with van der Waals surface area (Å²) in [7, 11) is 1.65. The minimum Gasteiger partial charge on any atom is -0.378 e. The molecular weight excluding hydrogens is 408 g/mol. The van der Waals surface area contributed by atoms with Crippen molar-refractivity contribution in [2.24, 2.45) is 0 Å². The monoisotopic (exact) mass is 432 g/mol. The van der Waals surface area contributed by atoms with Gasteiger partial charge in [0.1, 0.15) is 11.5 Å². The Hall–Kier alpha value is -3.79. The van der Waals surface area contributed by atoms with Gasteiger partial charge in [0.2, 0.25) is 5.95 Å². The second-order valence-corrected chi connectivity index (χ2v) is 7.72. The first-order chi connectivity index (χ1) is 15.7. The first-order valence-corrected chi connectivity index (χ1v) is 10.5. The van der Waals surface area contributed by atoms with Gasteiger partial charge < -0.3 is 19.5 Å². The lowest BCUT2D eigenvalue weighted by Gasteiger charge is -2.23. The highest BCUT2D eigenvalue weighted by atomic mass is 16.5. The van der Waals surface area contributed by atoms with Gasteiger partial charge in [-0.2, -0.15) is 10.1 Å². The number of pyridine rings is 1. The zero-order valence-corrected chi connectivity index (χ0v) is 17.9. The fourth-order valence-corrected chi connectivity index (χ4v) is 3.89. The first kappa shape index (κ1) is 20.1. The van der Waals surface area contributed by atoms with Crippen LogP contribution in [0.15, 0.2) is 47.1 Å². The Labute approximate surface area is 185 Å². The van der Waals surface area contributed by atoms with Crippen molar-refractivity contribution >= 4 is 17.6 Å². The van der Waals surface area contributed by atoms with E-state index in [0.29, 0.717) is 24.2 Å². The highest BCUT2D eigenvalue weighted by Crippen LogP contribution is 2.36. The fraction of sp³-hybridized carbons (Fsp3) is 0.318. The van der Waals surface area contributed by atoms with Crippen molar-refractivity contribution in [1.82, 2.24) is 30.3 Å². The molecule has 0 unspecified atom stereocenters. The second kappa shape index (κ2) is 8.75. The van der Waals surface area contributed by atoms with Crippen molar-refractivity contribution in [2.75, 3.05) is 23.9 Å². The Morgan fingerprint density at radius 3 is 2.91 bits per heavy atom. The SMILES string of the molecule is COCc1cc(Nc2cc(C)[nH]n2)nc(N2CCC[C@H]2c2cc(-c3ccccn3)no2)n1. The maximum atomic E-state index is 5.72. The Morgan fingerprint density at radius 2 is 2.12 bits per heavy atom. The largest absolute Gasteiger partial charge is 0.378 e. The summed E-state index contributed by atoms with van der Waals surface area (Å²) in [6.45, 7) is 3.15. The predicted molar refractivity (Wildman–Crippen MR) is 118 cm³/mol. The molecule has 10 nitrogen and oxygen atoms in total. The summed E-state index contributed by atoms with van der Waals surface area (Å²) in [5.41, 5.74) is 3.25. The van der Waals surface area contributed by atoms with E-state index in [-0.39, 0.29) is 6.04 Å². The third kappa shape index (κ3) is 4.17. The lowest BCUT2D eigenvalue weighted by atomic mass is 10.1. The summed E-state index contributed by atoms with van der Waals surface area (Å²) in [4.78, 5) is 16.0. The Kier molecular flexibility index (Phi) is 5.51. The molecule has 164 valence electrons. The normalized spacial score (nSPS) is 15.9. The lowest BCUT2D eigenvalue weighted by molar-refractivity contribution is 0.181. The van der Waals surface area contributed by atoms with E-state index >= 15 is 0 Å². The maximum Gasteiger partial charge on any atom is 0.228 e. The molecule has 5 rings (SSSR count). The van der Waals surface area contributed by atoms with E-state index in [1.807, 2.05) is 43.3 Å².